The Morgan fingerprint density at radius 2 is 2.20 bits per heavy atom. The Balaban J connectivity index is 1.91. The number of nitrogens with zero attached hydrogens (tertiary/aromatic N) is 1. The monoisotopic (exact) mass is 295 g/mol. The van der Waals surface area contributed by atoms with Crippen LogP contribution in [0.5, 0.6) is 0 Å². The van der Waals surface area contributed by atoms with Gasteiger partial charge in [-0.05, 0) is 43.9 Å². The number of aliphatic imine (C=N–C) groups is 1. The normalized spacial score (nSPS) is 17.4. The molecule has 0 radical (unpaired) electrons. The fraction of sp³-hybridized carbons (Fsp3) is 0.533. The lowest BCUT2D eigenvalue weighted by Gasteiger charge is -2.36. The molecule has 0 unspecified atom stereocenters. The van der Waals surface area contributed by atoms with Crippen LogP contribution in [0, 0.1) is 0 Å². The lowest BCUT2D eigenvalue weighted by molar-refractivity contribution is -0.0279. The molecule has 1 aromatic carbocycles. The molecule has 1 aromatic rings. The van der Waals surface area contributed by atoms with Crippen LogP contribution < -0.4 is 10.6 Å². The molecule has 20 heavy (non-hydrogen) atoms. The molecule has 2 rings (SSSR count). The number of rotatable bonds is 5. The summed E-state index contributed by atoms with van der Waals surface area (Å²) < 4.78 is 0. The van der Waals surface area contributed by atoms with Crippen LogP contribution in [-0.2, 0) is 6.54 Å². The van der Waals surface area contributed by atoms with Gasteiger partial charge in [-0.1, -0.05) is 23.7 Å². The van der Waals surface area contributed by atoms with E-state index in [2.05, 4.69) is 15.6 Å². The maximum Gasteiger partial charge on any atom is 0.191 e. The second-order valence-corrected chi connectivity index (χ2v) is 5.69. The fourth-order valence-electron chi connectivity index (χ4n) is 2.16. The van der Waals surface area contributed by atoms with E-state index in [0.29, 0.717) is 13.1 Å². The van der Waals surface area contributed by atoms with E-state index in [1.165, 1.54) is 0 Å². The van der Waals surface area contributed by atoms with Crippen molar-refractivity contribution in [1.82, 2.24) is 10.6 Å². The Kier molecular flexibility index (Phi) is 5.26. The highest BCUT2D eigenvalue weighted by Gasteiger charge is 2.34. The van der Waals surface area contributed by atoms with Crippen LogP contribution >= 0.6 is 11.6 Å². The summed E-state index contributed by atoms with van der Waals surface area (Å²) in [6.45, 7) is 3.93. The van der Waals surface area contributed by atoms with Crippen LogP contribution in [0.4, 0.5) is 0 Å². The van der Waals surface area contributed by atoms with Gasteiger partial charge in [0.05, 0.1) is 12.1 Å². The first-order valence-corrected chi connectivity index (χ1v) is 7.48. The van der Waals surface area contributed by atoms with Gasteiger partial charge >= 0.3 is 0 Å². The number of guanidine groups is 1. The third-order valence-electron chi connectivity index (χ3n) is 3.52. The molecule has 1 saturated carbocycles. The Morgan fingerprint density at radius 3 is 2.80 bits per heavy atom. The number of hydrogen-bond donors (Lipinski definition) is 3. The quantitative estimate of drug-likeness (QED) is 0.577. The van der Waals surface area contributed by atoms with Crippen LogP contribution in [0.1, 0.15) is 31.7 Å². The average Bonchev–Trinajstić information content (AvgIpc) is 2.40. The number of nitrogens with one attached hydrogen (secondary N) is 2. The van der Waals surface area contributed by atoms with Gasteiger partial charge in [0.1, 0.15) is 0 Å². The molecule has 3 N–H and O–H groups in total. The zero-order valence-corrected chi connectivity index (χ0v) is 12.6. The summed E-state index contributed by atoms with van der Waals surface area (Å²) in [6, 6.07) is 7.68. The molecule has 0 bridgehead atoms. The molecule has 1 aliphatic rings. The van der Waals surface area contributed by atoms with Gasteiger partial charge in [-0.15, -0.1) is 0 Å². The topological polar surface area (TPSA) is 56.7 Å². The standard InChI is InChI=1S/C15H22ClN3O/c1-2-17-14(19-11-15(20)7-4-8-15)18-10-12-5-3-6-13(16)9-12/h3,5-6,9,20H,2,4,7-8,10-11H2,1H3,(H2,17,18,19). The van der Waals surface area contributed by atoms with Crippen LogP contribution in [0.25, 0.3) is 0 Å². The Hall–Kier alpha value is -1.26. The van der Waals surface area contributed by atoms with E-state index in [0.717, 1.165) is 42.4 Å². The van der Waals surface area contributed by atoms with Crippen molar-refractivity contribution in [3.63, 3.8) is 0 Å². The smallest absolute Gasteiger partial charge is 0.191 e. The van der Waals surface area contributed by atoms with Crippen molar-refractivity contribution in [3.05, 3.63) is 34.9 Å². The van der Waals surface area contributed by atoms with Crippen LogP contribution in [0.3, 0.4) is 0 Å². The predicted octanol–water partition coefficient (Wildman–Crippen LogP) is 2.31. The molecule has 0 heterocycles. The summed E-state index contributed by atoms with van der Waals surface area (Å²) in [7, 11) is 0. The largest absolute Gasteiger partial charge is 0.388 e. The number of halogens is 1. The van der Waals surface area contributed by atoms with Crippen molar-refractivity contribution in [2.45, 2.75) is 38.3 Å². The van der Waals surface area contributed by atoms with Gasteiger partial charge in [0, 0.05) is 18.1 Å². The lowest BCUT2D eigenvalue weighted by Crippen LogP contribution is -2.50. The molecule has 0 spiro atoms. The molecule has 0 aliphatic heterocycles. The van der Waals surface area contributed by atoms with Crippen molar-refractivity contribution in [1.29, 1.82) is 0 Å². The van der Waals surface area contributed by atoms with Crippen LogP contribution in [-0.4, -0.2) is 29.8 Å². The highest BCUT2D eigenvalue weighted by Crippen LogP contribution is 2.30. The van der Waals surface area contributed by atoms with Crippen LogP contribution in [0.15, 0.2) is 29.3 Å². The molecule has 0 aromatic heterocycles. The summed E-state index contributed by atoms with van der Waals surface area (Å²) in [5.41, 5.74) is 0.517. The molecule has 5 heteroatoms. The second-order valence-electron chi connectivity index (χ2n) is 5.26. The van der Waals surface area contributed by atoms with Crippen molar-refractivity contribution >= 4 is 17.6 Å². The summed E-state index contributed by atoms with van der Waals surface area (Å²) >= 11 is 5.96. The van der Waals surface area contributed by atoms with E-state index in [1.807, 2.05) is 31.2 Å². The summed E-state index contributed by atoms with van der Waals surface area (Å²) in [5, 5.41) is 17.2. The highest BCUT2D eigenvalue weighted by atomic mass is 35.5. The Bertz CT molecular complexity index is 472. The van der Waals surface area contributed by atoms with E-state index in [-0.39, 0.29) is 0 Å². The number of aliphatic hydroxyl groups is 1. The van der Waals surface area contributed by atoms with E-state index in [1.54, 1.807) is 0 Å². The van der Waals surface area contributed by atoms with E-state index >= 15 is 0 Å². The minimum Gasteiger partial charge on any atom is -0.388 e. The first-order valence-electron chi connectivity index (χ1n) is 7.10. The predicted molar refractivity (Wildman–Crippen MR) is 83.1 cm³/mol. The molecule has 1 fully saturated rings. The van der Waals surface area contributed by atoms with Crippen LogP contribution in [0.2, 0.25) is 5.02 Å². The minimum absolute atomic E-state index is 0.549. The van der Waals surface area contributed by atoms with E-state index in [9.17, 15) is 5.11 Å². The zero-order valence-electron chi connectivity index (χ0n) is 11.8. The summed E-state index contributed by atoms with van der Waals surface area (Å²) in [5.74, 6) is 0.729. The molecule has 0 atom stereocenters. The maximum atomic E-state index is 10.1. The van der Waals surface area contributed by atoms with E-state index in [4.69, 9.17) is 11.6 Å². The SMILES string of the molecule is CCNC(=NCc1cccc(Cl)c1)NCC1(O)CCC1. The first-order chi connectivity index (χ1) is 9.61. The van der Waals surface area contributed by atoms with E-state index < -0.39 is 5.60 Å². The van der Waals surface area contributed by atoms with Gasteiger partial charge in [0.25, 0.3) is 0 Å². The molecular formula is C15H22ClN3O. The fourth-order valence-corrected chi connectivity index (χ4v) is 2.37. The third kappa shape index (κ3) is 4.39. The molecule has 0 amide bonds. The van der Waals surface area contributed by atoms with Gasteiger partial charge in [-0.25, -0.2) is 4.99 Å². The van der Waals surface area contributed by atoms with Gasteiger partial charge < -0.3 is 15.7 Å². The first kappa shape index (κ1) is 15.1. The van der Waals surface area contributed by atoms with Crippen molar-refractivity contribution in [2.24, 2.45) is 4.99 Å². The molecule has 1 aliphatic carbocycles. The third-order valence-corrected chi connectivity index (χ3v) is 3.76. The number of hydrogen-bond acceptors (Lipinski definition) is 2. The minimum atomic E-state index is -0.549. The molecular weight excluding hydrogens is 274 g/mol. The lowest BCUT2D eigenvalue weighted by atomic mass is 9.80. The Morgan fingerprint density at radius 1 is 1.40 bits per heavy atom. The zero-order chi connectivity index (χ0) is 14.4. The number of benzene rings is 1. The van der Waals surface area contributed by atoms with Gasteiger partial charge in [0.2, 0.25) is 0 Å². The molecule has 0 saturated heterocycles. The molecule has 110 valence electrons. The van der Waals surface area contributed by atoms with Gasteiger partial charge in [-0.2, -0.15) is 0 Å². The van der Waals surface area contributed by atoms with Crippen molar-refractivity contribution < 1.29 is 5.11 Å². The van der Waals surface area contributed by atoms with Gasteiger partial charge in [-0.3, -0.25) is 0 Å². The average molecular weight is 296 g/mol. The van der Waals surface area contributed by atoms with Crippen molar-refractivity contribution in [2.75, 3.05) is 13.1 Å². The second kappa shape index (κ2) is 6.95. The highest BCUT2D eigenvalue weighted by molar-refractivity contribution is 6.30. The van der Waals surface area contributed by atoms with Crippen molar-refractivity contribution in [3.8, 4) is 0 Å². The Labute approximate surface area is 125 Å². The summed E-state index contributed by atoms with van der Waals surface area (Å²) in [4.78, 5) is 4.51. The van der Waals surface area contributed by atoms with Gasteiger partial charge in [0.15, 0.2) is 5.96 Å². The maximum absolute atomic E-state index is 10.1. The summed E-state index contributed by atoms with van der Waals surface area (Å²) in [6.07, 6.45) is 2.84. The molecule has 4 nitrogen and oxygen atoms in total.